The Morgan fingerprint density at radius 1 is 1.29 bits per heavy atom. The highest BCUT2D eigenvalue weighted by atomic mass is 16.3. The molecule has 0 aromatic heterocycles. The number of aliphatic hydroxyl groups is 1. The van der Waals surface area contributed by atoms with E-state index in [1.807, 2.05) is 0 Å². The van der Waals surface area contributed by atoms with Crippen molar-refractivity contribution in [2.24, 2.45) is 5.73 Å². The first kappa shape index (κ1) is 12.4. The van der Waals surface area contributed by atoms with Crippen molar-refractivity contribution in [3.63, 3.8) is 0 Å². The SMILES string of the molecule is Cc1cc(N2CCCCC2)ccc1[C@H](N)CO. The zero-order valence-corrected chi connectivity index (χ0v) is 10.5. The molecular weight excluding hydrogens is 212 g/mol. The van der Waals surface area contributed by atoms with Gasteiger partial charge in [-0.3, -0.25) is 0 Å². The Labute approximate surface area is 103 Å². The topological polar surface area (TPSA) is 49.5 Å². The lowest BCUT2D eigenvalue weighted by Crippen LogP contribution is -2.29. The van der Waals surface area contributed by atoms with Crippen LogP contribution in [0.5, 0.6) is 0 Å². The number of nitrogens with two attached hydrogens (primary N) is 1. The van der Waals surface area contributed by atoms with Gasteiger partial charge in [0.05, 0.1) is 12.6 Å². The van der Waals surface area contributed by atoms with Gasteiger partial charge < -0.3 is 15.7 Å². The molecule has 1 atom stereocenters. The Balaban J connectivity index is 2.17. The first-order chi connectivity index (χ1) is 8.22. The molecule has 1 saturated heterocycles. The molecule has 0 amide bonds. The van der Waals surface area contributed by atoms with E-state index >= 15 is 0 Å². The van der Waals surface area contributed by atoms with E-state index in [1.54, 1.807) is 0 Å². The van der Waals surface area contributed by atoms with E-state index in [1.165, 1.54) is 30.5 Å². The van der Waals surface area contributed by atoms with Crippen LogP contribution in [-0.2, 0) is 0 Å². The summed E-state index contributed by atoms with van der Waals surface area (Å²) in [4.78, 5) is 2.44. The standard InChI is InChI=1S/C14H22N2O/c1-11-9-12(16-7-3-2-4-8-16)5-6-13(11)14(15)10-17/h5-6,9,14,17H,2-4,7-8,10,15H2,1H3/t14-/m1/s1. The van der Waals surface area contributed by atoms with Crippen LogP contribution in [0.2, 0.25) is 0 Å². The lowest BCUT2D eigenvalue weighted by Gasteiger charge is -2.29. The molecule has 3 nitrogen and oxygen atoms in total. The second-order valence-corrected chi connectivity index (χ2v) is 4.88. The molecule has 17 heavy (non-hydrogen) atoms. The lowest BCUT2D eigenvalue weighted by atomic mass is 10.0. The predicted molar refractivity (Wildman–Crippen MR) is 71.3 cm³/mol. The van der Waals surface area contributed by atoms with Gasteiger partial charge in [0.2, 0.25) is 0 Å². The normalized spacial score (nSPS) is 18.2. The third kappa shape index (κ3) is 2.79. The van der Waals surface area contributed by atoms with E-state index in [0.717, 1.165) is 18.7 Å². The molecule has 0 spiro atoms. The molecule has 1 aromatic rings. The minimum atomic E-state index is -0.259. The summed E-state index contributed by atoms with van der Waals surface area (Å²) in [5, 5.41) is 9.10. The smallest absolute Gasteiger partial charge is 0.0624 e. The highest BCUT2D eigenvalue weighted by Crippen LogP contribution is 2.24. The van der Waals surface area contributed by atoms with Crippen LogP contribution in [0.25, 0.3) is 0 Å². The summed E-state index contributed by atoms with van der Waals surface area (Å²) in [6.07, 6.45) is 3.93. The van der Waals surface area contributed by atoms with E-state index in [4.69, 9.17) is 10.8 Å². The van der Waals surface area contributed by atoms with E-state index in [-0.39, 0.29) is 12.6 Å². The number of rotatable bonds is 3. The molecule has 0 saturated carbocycles. The first-order valence-electron chi connectivity index (χ1n) is 6.44. The van der Waals surface area contributed by atoms with Gasteiger partial charge >= 0.3 is 0 Å². The van der Waals surface area contributed by atoms with Gasteiger partial charge in [0.25, 0.3) is 0 Å². The maximum absolute atomic E-state index is 9.10. The van der Waals surface area contributed by atoms with Gasteiger partial charge in [0, 0.05) is 18.8 Å². The van der Waals surface area contributed by atoms with Gasteiger partial charge in [-0.1, -0.05) is 6.07 Å². The Bertz CT molecular complexity index is 372. The molecule has 1 aliphatic rings. The fourth-order valence-corrected chi connectivity index (χ4v) is 2.52. The molecule has 1 aromatic carbocycles. The van der Waals surface area contributed by atoms with Gasteiger partial charge in [-0.25, -0.2) is 0 Å². The number of aliphatic hydroxyl groups excluding tert-OH is 1. The van der Waals surface area contributed by atoms with Crippen molar-refractivity contribution in [2.45, 2.75) is 32.2 Å². The average molecular weight is 234 g/mol. The number of hydrogen-bond donors (Lipinski definition) is 2. The molecule has 2 rings (SSSR count). The number of aryl methyl sites for hydroxylation is 1. The molecule has 3 N–H and O–H groups in total. The second-order valence-electron chi connectivity index (χ2n) is 4.88. The predicted octanol–water partition coefficient (Wildman–Crippen LogP) is 1.98. The second kappa shape index (κ2) is 5.52. The molecular formula is C14H22N2O. The van der Waals surface area contributed by atoms with Crippen molar-refractivity contribution < 1.29 is 5.11 Å². The maximum Gasteiger partial charge on any atom is 0.0624 e. The van der Waals surface area contributed by atoms with Crippen LogP contribution >= 0.6 is 0 Å². The zero-order valence-electron chi connectivity index (χ0n) is 10.5. The molecule has 0 unspecified atom stereocenters. The quantitative estimate of drug-likeness (QED) is 0.840. The largest absolute Gasteiger partial charge is 0.394 e. The van der Waals surface area contributed by atoms with Crippen LogP contribution in [0.3, 0.4) is 0 Å². The number of benzene rings is 1. The molecule has 0 bridgehead atoms. The van der Waals surface area contributed by atoms with Crippen molar-refractivity contribution in [3.05, 3.63) is 29.3 Å². The fourth-order valence-electron chi connectivity index (χ4n) is 2.52. The van der Waals surface area contributed by atoms with E-state index in [0.29, 0.717) is 0 Å². The summed E-state index contributed by atoms with van der Waals surface area (Å²) in [7, 11) is 0. The van der Waals surface area contributed by atoms with Crippen LogP contribution in [0, 0.1) is 6.92 Å². The number of piperidine rings is 1. The van der Waals surface area contributed by atoms with Crippen molar-refractivity contribution in [3.8, 4) is 0 Å². The van der Waals surface area contributed by atoms with Crippen molar-refractivity contribution >= 4 is 5.69 Å². The Morgan fingerprint density at radius 3 is 2.59 bits per heavy atom. The monoisotopic (exact) mass is 234 g/mol. The average Bonchev–Trinajstić information content (AvgIpc) is 2.39. The number of nitrogens with zero attached hydrogens (tertiary/aromatic N) is 1. The van der Waals surface area contributed by atoms with Crippen LogP contribution in [0.15, 0.2) is 18.2 Å². The summed E-state index contributed by atoms with van der Waals surface area (Å²) >= 11 is 0. The summed E-state index contributed by atoms with van der Waals surface area (Å²) in [5.41, 5.74) is 9.37. The third-order valence-corrected chi connectivity index (χ3v) is 3.57. The van der Waals surface area contributed by atoms with Crippen LogP contribution < -0.4 is 10.6 Å². The fraction of sp³-hybridized carbons (Fsp3) is 0.571. The Morgan fingerprint density at radius 2 is 2.00 bits per heavy atom. The summed E-state index contributed by atoms with van der Waals surface area (Å²) in [5.74, 6) is 0. The summed E-state index contributed by atoms with van der Waals surface area (Å²) in [6.45, 7) is 4.39. The summed E-state index contributed by atoms with van der Waals surface area (Å²) < 4.78 is 0. The lowest BCUT2D eigenvalue weighted by molar-refractivity contribution is 0.267. The van der Waals surface area contributed by atoms with Gasteiger partial charge in [-0.05, 0) is 49.4 Å². The van der Waals surface area contributed by atoms with Crippen LogP contribution in [-0.4, -0.2) is 24.8 Å². The molecule has 0 radical (unpaired) electrons. The van der Waals surface area contributed by atoms with Gasteiger partial charge in [-0.15, -0.1) is 0 Å². The molecule has 0 aliphatic carbocycles. The highest BCUT2D eigenvalue weighted by molar-refractivity contribution is 5.51. The van der Waals surface area contributed by atoms with E-state index in [2.05, 4.69) is 30.0 Å². The van der Waals surface area contributed by atoms with Gasteiger partial charge in [0.1, 0.15) is 0 Å². The molecule has 1 fully saturated rings. The number of hydrogen-bond acceptors (Lipinski definition) is 3. The molecule has 3 heteroatoms. The van der Waals surface area contributed by atoms with Crippen molar-refractivity contribution in [2.75, 3.05) is 24.6 Å². The van der Waals surface area contributed by atoms with Crippen LogP contribution in [0.1, 0.15) is 36.4 Å². The van der Waals surface area contributed by atoms with E-state index in [9.17, 15) is 0 Å². The minimum Gasteiger partial charge on any atom is -0.394 e. The van der Waals surface area contributed by atoms with Crippen molar-refractivity contribution in [1.29, 1.82) is 0 Å². The van der Waals surface area contributed by atoms with Gasteiger partial charge in [-0.2, -0.15) is 0 Å². The van der Waals surface area contributed by atoms with Crippen molar-refractivity contribution in [1.82, 2.24) is 0 Å². The van der Waals surface area contributed by atoms with E-state index < -0.39 is 0 Å². The number of anilines is 1. The Hall–Kier alpha value is -1.06. The minimum absolute atomic E-state index is 0.00387. The van der Waals surface area contributed by atoms with Crippen LogP contribution in [0.4, 0.5) is 5.69 Å². The molecule has 94 valence electrons. The molecule has 1 heterocycles. The Kier molecular flexibility index (Phi) is 4.02. The molecule has 1 aliphatic heterocycles. The first-order valence-corrected chi connectivity index (χ1v) is 6.44. The third-order valence-electron chi connectivity index (χ3n) is 3.57. The highest BCUT2D eigenvalue weighted by Gasteiger charge is 2.13. The zero-order chi connectivity index (χ0) is 12.3. The van der Waals surface area contributed by atoms with Gasteiger partial charge in [0.15, 0.2) is 0 Å². The summed E-state index contributed by atoms with van der Waals surface area (Å²) in [6, 6.07) is 6.12. The maximum atomic E-state index is 9.10.